The Morgan fingerprint density at radius 2 is 1.86 bits per heavy atom. The molecular formula is C22H29BrFNO3. The molecule has 4 nitrogen and oxygen atoms in total. The standard InChI is InChI=1S/C22H29BrFNO3/c1-3-4-13-27-14-7-12-25-15-18-19(23)10-11-21(26-2)22(18)28-16-17-8-5-6-9-20(17)24/h5-6,8-11,25H,3-4,7,12-16H2,1-2H3. The smallest absolute Gasteiger partial charge is 0.167 e. The molecular weight excluding hydrogens is 425 g/mol. The molecule has 0 aliphatic carbocycles. The highest BCUT2D eigenvalue weighted by molar-refractivity contribution is 9.10. The Hall–Kier alpha value is -1.63. The van der Waals surface area contributed by atoms with Gasteiger partial charge in [-0.2, -0.15) is 0 Å². The Bertz CT molecular complexity index is 727. The summed E-state index contributed by atoms with van der Waals surface area (Å²) in [5.74, 6) is 0.963. The van der Waals surface area contributed by atoms with Crippen molar-refractivity contribution in [1.82, 2.24) is 5.32 Å². The molecule has 2 rings (SSSR count). The van der Waals surface area contributed by atoms with Crippen molar-refractivity contribution in [3.05, 3.63) is 57.8 Å². The predicted octanol–water partition coefficient (Wildman–Crippen LogP) is 5.47. The van der Waals surface area contributed by atoms with E-state index < -0.39 is 0 Å². The molecule has 0 radical (unpaired) electrons. The molecule has 6 heteroatoms. The van der Waals surface area contributed by atoms with Gasteiger partial charge in [0.25, 0.3) is 0 Å². The normalized spacial score (nSPS) is 10.9. The second kappa shape index (κ2) is 12.8. The van der Waals surface area contributed by atoms with Crippen LogP contribution in [0.2, 0.25) is 0 Å². The third-order valence-corrected chi connectivity index (χ3v) is 5.05. The molecule has 0 heterocycles. The molecule has 0 aliphatic heterocycles. The average Bonchev–Trinajstić information content (AvgIpc) is 2.70. The van der Waals surface area contributed by atoms with Gasteiger partial charge in [0.15, 0.2) is 11.5 Å². The van der Waals surface area contributed by atoms with Gasteiger partial charge in [0.05, 0.1) is 7.11 Å². The number of ether oxygens (including phenoxy) is 3. The summed E-state index contributed by atoms with van der Waals surface area (Å²) in [6, 6.07) is 10.4. The van der Waals surface area contributed by atoms with E-state index in [9.17, 15) is 4.39 Å². The number of benzene rings is 2. The van der Waals surface area contributed by atoms with E-state index >= 15 is 0 Å². The number of nitrogens with one attached hydrogen (secondary N) is 1. The molecule has 1 N–H and O–H groups in total. The molecule has 0 aliphatic rings. The minimum atomic E-state index is -0.279. The van der Waals surface area contributed by atoms with E-state index in [-0.39, 0.29) is 12.4 Å². The van der Waals surface area contributed by atoms with Crippen molar-refractivity contribution in [2.75, 3.05) is 26.9 Å². The SMILES string of the molecule is CCCCOCCCNCc1c(Br)ccc(OC)c1OCc1ccccc1F. The van der Waals surface area contributed by atoms with Crippen molar-refractivity contribution in [3.63, 3.8) is 0 Å². The van der Waals surface area contributed by atoms with E-state index in [0.29, 0.717) is 23.6 Å². The van der Waals surface area contributed by atoms with Crippen LogP contribution in [0.25, 0.3) is 0 Å². The zero-order valence-electron chi connectivity index (χ0n) is 16.6. The summed E-state index contributed by atoms with van der Waals surface area (Å²) < 4.78 is 31.8. The lowest BCUT2D eigenvalue weighted by molar-refractivity contribution is 0.128. The number of rotatable bonds is 13. The van der Waals surface area contributed by atoms with Gasteiger partial charge in [-0.15, -0.1) is 0 Å². The third kappa shape index (κ3) is 7.08. The molecule has 0 bridgehead atoms. The number of hydrogen-bond acceptors (Lipinski definition) is 4. The van der Waals surface area contributed by atoms with Crippen LogP contribution in [0.3, 0.4) is 0 Å². The zero-order valence-corrected chi connectivity index (χ0v) is 18.2. The van der Waals surface area contributed by atoms with Crippen LogP contribution in [-0.4, -0.2) is 26.9 Å². The van der Waals surface area contributed by atoms with Crippen LogP contribution < -0.4 is 14.8 Å². The monoisotopic (exact) mass is 453 g/mol. The van der Waals surface area contributed by atoms with Gasteiger partial charge in [0.1, 0.15) is 12.4 Å². The van der Waals surface area contributed by atoms with Gasteiger partial charge >= 0.3 is 0 Å². The van der Waals surface area contributed by atoms with Gasteiger partial charge in [-0.1, -0.05) is 47.5 Å². The van der Waals surface area contributed by atoms with Crippen molar-refractivity contribution < 1.29 is 18.6 Å². The van der Waals surface area contributed by atoms with E-state index in [2.05, 4.69) is 28.2 Å². The van der Waals surface area contributed by atoms with E-state index in [1.54, 1.807) is 25.3 Å². The maximum atomic E-state index is 13.9. The fourth-order valence-corrected chi connectivity index (χ4v) is 3.14. The van der Waals surface area contributed by atoms with E-state index in [4.69, 9.17) is 14.2 Å². The largest absolute Gasteiger partial charge is 0.493 e. The second-order valence-electron chi connectivity index (χ2n) is 6.43. The van der Waals surface area contributed by atoms with Gasteiger partial charge in [0.2, 0.25) is 0 Å². The van der Waals surface area contributed by atoms with Gasteiger partial charge in [0, 0.05) is 35.4 Å². The summed E-state index contributed by atoms with van der Waals surface area (Å²) >= 11 is 3.59. The lowest BCUT2D eigenvalue weighted by Crippen LogP contribution is -2.18. The average molecular weight is 454 g/mol. The van der Waals surface area contributed by atoms with E-state index in [0.717, 1.165) is 49.1 Å². The minimum absolute atomic E-state index is 0.137. The van der Waals surface area contributed by atoms with Gasteiger partial charge in [-0.25, -0.2) is 4.39 Å². The maximum Gasteiger partial charge on any atom is 0.167 e. The summed E-state index contributed by atoms with van der Waals surface area (Å²) in [6.45, 7) is 5.32. The molecule has 154 valence electrons. The molecule has 0 amide bonds. The first-order valence-electron chi connectivity index (χ1n) is 9.67. The first-order valence-corrected chi connectivity index (χ1v) is 10.5. The molecule has 0 saturated heterocycles. The molecule has 0 fully saturated rings. The Labute approximate surface area is 175 Å². The van der Waals surface area contributed by atoms with Crippen LogP contribution in [-0.2, 0) is 17.9 Å². The maximum absolute atomic E-state index is 13.9. The molecule has 0 saturated carbocycles. The molecule has 28 heavy (non-hydrogen) atoms. The zero-order chi connectivity index (χ0) is 20.2. The first-order chi connectivity index (χ1) is 13.7. The summed E-state index contributed by atoms with van der Waals surface area (Å²) in [5, 5.41) is 3.42. The van der Waals surface area contributed by atoms with Crippen LogP contribution in [0.4, 0.5) is 4.39 Å². The number of hydrogen-bond donors (Lipinski definition) is 1. The summed E-state index contributed by atoms with van der Waals surface area (Å²) in [7, 11) is 1.60. The fourth-order valence-electron chi connectivity index (χ4n) is 2.69. The molecule has 2 aromatic carbocycles. The Morgan fingerprint density at radius 1 is 1.07 bits per heavy atom. The topological polar surface area (TPSA) is 39.7 Å². The third-order valence-electron chi connectivity index (χ3n) is 4.30. The van der Waals surface area contributed by atoms with E-state index in [1.165, 1.54) is 6.07 Å². The van der Waals surface area contributed by atoms with Crippen molar-refractivity contribution >= 4 is 15.9 Å². The van der Waals surface area contributed by atoms with Crippen molar-refractivity contribution in [2.24, 2.45) is 0 Å². The Kier molecular flexibility index (Phi) is 10.3. The molecule has 2 aromatic rings. The van der Waals surface area contributed by atoms with E-state index in [1.807, 2.05) is 12.1 Å². The van der Waals surface area contributed by atoms with Gasteiger partial charge in [-0.05, 0) is 37.6 Å². The summed E-state index contributed by atoms with van der Waals surface area (Å²) in [4.78, 5) is 0. The van der Waals surface area contributed by atoms with Crippen LogP contribution in [0, 0.1) is 5.82 Å². The summed E-state index contributed by atoms with van der Waals surface area (Å²) in [6.07, 6.45) is 3.20. The number of unbranched alkanes of at least 4 members (excludes halogenated alkanes) is 1. The lowest BCUT2D eigenvalue weighted by Gasteiger charge is -2.17. The molecule has 0 aromatic heterocycles. The predicted molar refractivity (Wildman–Crippen MR) is 113 cm³/mol. The van der Waals surface area contributed by atoms with Crippen LogP contribution in [0.1, 0.15) is 37.3 Å². The molecule has 0 spiro atoms. The first kappa shape index (κ1) is 22.7. The quantitative estimate of drug-likeness (QED) is 0.408. The highest BCUT2D eigenvalue weighted by Gasteiger charge is 2.15. The van der Waals surface area contributed by atoms with Gasteiger partial charge in [-0.3, -0.25) is 0 Å². The van der Waals surface area contributed by atoms with Crippen LogP contribution >= 0.6 is 15.9 Å². The highest BCUT2D eigenvalue weighted by Crippen LogP contribution is 2.36. The Morgan fingerprint density at radius 3 is 2.61 bits per heavy atom. The lowest BCUT2D eigenvalue weighted by atomic mass is 10.1. The number of methoxy groups -OCH3 is 1. The Balaban J connectivity index is 1.96. The molecule has 0 atom stereocenters. The van der Waals surface area contributed by atoms with Crippen molar-refractivity contribution in [3.8, 4) is 11.5 Å². The van der Waals surface area contributed by atoms with Crippen molar-refractivity contribution in [2.45, 2.75) is 39.3 Å². The second-order valence-corrected chi connectivity index (χ2v) is 7.29. The van der Waals surface area contributed by atoms with Crippen molar-refractivity contribution in [1.29, 1.82) is 0 Å². The summed E-state index contributed by atoms with van der Waals surface area (Å²) in [5.41, 5.74) is 1.45. The fraction of sp³-hybridized carbons (Fsp3) is 0.455. The van der Waals surface area contributed by atoms with Gasteiger partial charge < -0.3 is 19.5 Å². The van der Waals surface area contributed by atoms with Crippen LogP contribution in [0.15, 0.2) is 40.9 Å². The number of halogens is 2. The minimum Gasteiger partial charge on any atom is -0.493 e. The highest BCUT2D eigenvalue weighted by atomic mass is 79.9. The molecule has 0 unspecified atom stereocenters. The van der Waals surface area contributed by atoms with Crippen LogP contribution in [0.5, 0.6) is 11.5 Å².